The molecule has 0 saturated carbocycles. The van der Waals surface area contributed by atoms with E-state index < -0.39 is 4.92 Å². The van der Waals surface area contributed by atoms with Gasteiger partial charge in [0.2, 0.25) is 0 Å². The summed E-state index contributed by atoms with van der Waals surface area (Å²) in [6.07, 6.45) is 4.76. The Labute approximate surface area is 125 Å². The predicted molar refractivity (Wildman–Crippen MR) is 84.5 cm³/mol. The van der Waals surface area contributed by atoms with Crippen molar-refractivity contribution in [2.75, 3.05) is 0 Å². The number of rotatable bonds is 3. The SMILES string of the molecule is O=c1c(/C=C/c2ccc([N+](=O)[O-])cc2)coc2ccccc12. The molecule has 0 atom stereocenters. The third kappa shape index (κ3) is 2.64. The average Bonchev–Trinajstić information content (AvgIpc) is 2.55. The van der Waals surface area contributed by atoms with Gasteiger partial charge in [0.25, 0.3) is 5.69 Å². The first kappa shape index (κ1) is 13.8. The van der Waals surface area contributed by atoms with Crippen molar-refractivity contribution in [1.29, 1.82) is 0 Å². The number of hydrogen-bond donors (Lipinski definition) is 0. The molecule has 0 bridgehead atoms. The van der Waals surface area contributed by atoms with Crippen molar-refractivity contribution < 1.29 is 9.34 Å². The van der Waals surface area contributed by atoms with Crippen LogP contribution in [-0.2, 0) is 0 Å². The first-order chi connectivity index (χ1) is 10.6. The molecule has 2 aromatic carbocycles. The van der Waals surface area contributed by atoms with Gasteiger partial charge in [-0.05, 0) is 35.9 Å². The van der Waals surface area contributed by atoms with E-state index >= 15 is 0 Å². The van der Waals surface area contributed by atoms with Crippen molar-refractivity contribution in [3.63, 3.8) is 0 Å². The Kier molecular flexibility index (Phi) is 3.53. The highest BCUT2D eigenvalue weighted by atomic mass is 16.6. The van der Waals surface area contributed by atoms with Gasteiger partial charge in [-0.15, -0.1) is 0 Å². The van der Waals surface area contributed by atoms with Gasteiger partial charge in [-0.1, -0.05) is 18.2 Å². The maximum Gasteiger partial charge on any atom is 0.269 e. The summed E-state index contributed by atoms with van der Waals surface area (Å²) in [5, 5.41) is 11.1. The van der Waals surface area contributed by atoms with Gasteiger partial charge in [0.1, 0.15) is 11.8 Å². The lowest BCUT2D eigenvalue weighted by atomic mass is 10.1. The van der Waals surface area contributed by atoms with Gasteiger partial charge in [-0.2, -0.15) is 0 Å². The van der Waals surface area contributed by atoms with Crippen LogP contribution in [0.3, 0.4) is 0 Å². The molecule has 108 valence electrons. The second kappa shape index (κ2) is 5.65. The number of non-ortho nitro benzene ring substituents is 1. The van der Waals surface area contributed by atoms with E-state index in [-0.39, 0.29) is 11.1 Å². The minimum Gasteiger partial charge on any atom is -0.463 e. The van der Waals surface area contributed by atoms with Crippen LogP contribution >= 0.6 is 0 Å². The van der Waals surface area contributed by atoms with Crippen molar-refractivity contribution in [3.8, 4) is 0 Å². The van der Waals surface area contributed by atoms with Crippen LogP contribution < -0.4 is 5.43 Å². The zero-order valence-corrected chi connectivity index (χ0v) is 11.4. The summed E-state index contributed by atoms with van der Waals surface area (Å²) in [5.41, 5.74) is 1.65. The van der Waals surface area contributed by atoms with E-state index in [1.54, 1.807) is 48.6 Å². The number of fused-ring (bicyclic) bond motifs is 1. The van der Waals surface area contributed by atoms with Crippen LogP contribution in [0.4, 0.5) is 5.69 Å². The van der Waals surface area contributed by atoms with Crippen molar-refractivity contribution in [3.05, 3.63) is 86.3 Å². The van der Waals surface area contributed by atoms with E-state index in [0.717, 1.165) is 5.56 Å². The molecule has 0 saturated heterocycles. The fourth-order valence-corrected chi connectivity index (χ4v) is 2.10. The third-order valence-electron chi connectivity index (χ3n) is 3.27. The van der Waals surface area contributed by atoms with E-state index in [4.69, 9.17) is 4.42 Å². The summed E-state index contributed by atoms with van der Waals surface area (Å²) < 4.78 is 5.42. The first-order valence-electron chi connectivity index (χ1n) is 6.58. The van der Waals surface area contributed by atoms with Crippen molar-refractivity contribution in [1.82, 2.24) is 0 Å². The maximum absolute atomic E-state index is 12.3. The smallest absolute Gasteiger partial charge is 0.269 e. The van der Waals surface area contributed by atoms with E-state index in [1.807, 2.05) is 0 Å². The van der Waals surface area contributed by atoms with Crippen molar-refractivity contribution >= 4 is 28.8 Å². The molecule has 0 amide bonds. The fraction of sp³-hybridized carbons (Fsp3) is 0. The van der Waals surface area contributed by atoms with E-state index in [9.17, 15) is 14.9 Å². The highest BCUT2D eigenvalue weighted by molar-refractivity contribution is 5.80. The molecule has 1 heterocycles. The lowest BCUT2D eigenvalue weighted by molar-refractivity contribution is -0.384. The van der Waals surface area contributed by atoms with Crippen LogP contribution in [0.1, 0.15) is 11.1 Å². The van der Waals surface area contributed by atoms with Crippen molar-refractivity contribution in [2.24, 2.45) is 0 Å². The molecule has 5 nitrogen and oxygen atoms in total. The van der Waals surface area contributed by atoms with Crippen LogP contribution in [-0.4, -0.2) is 4.92 Å². The predicted octanol–water partition coefficient (Wildman–Crippen LogP) is 3.87. The minimum absolute atomic E-state index is 0.0300. The monoisotopic (exact) mass is 293 g/mol. The molecule has 5 heteroatoms. The van der Waals surface area contributed by atoms with Gasteiger partial charge >= 0.3 is 0 Å². The van der Waals surface area contributed by atoms with E-state index in [1.165, 1.54) is 18.4 Å². The zero-order valence-electron chi connectivity index (χ0n) is 11.4. The topological polar surface area (TPSA) is 73.3 Å². The summed E-state index contributed by atoms with van der Waals surface area (Å²) >= 11 is 0. The van der Waals surface area contributed by atoms with Crippen molar-refractivity contribution in [2.45, 2.75) is 0 Å². The average molecular weight is 293 g/mol. The van der Waals surface area contributed by atoms with Crippen LogP contribution in [0, 0.1) is 10.1 Å². The molecule has 0 N–H and O–H groups in total. The molecule has 0 unspecified atom stereocenters. The van der Waals surface area contributed by atoms with E-state index in [0.29, 0.717) is 16.5 Å². The Morgan fingerprint density at radius 2 is 1.73 bits per heavy atom. The quantitative estimate of drug-likeness (QED) is 0.542. The third-order valence-corrected chi connectivity index (χ3v) is 3.27. The number of nitro benzene ring substituents is 1. The van der Waals surface area contributed by atoms with Crippen LogP contribution in [0.2, 0.25) is 0 Å². The Hall–Kier alpha value is -3.21. The second-order valence-corrected chi connectivity index (χ2v) is 4.70. The molecule has 22 heavy (non-hydrogen) atoms. The zero-order chi connectivity index (χ0) is 15.5. The largest absolute Gasteiger partial charge is 0.463 e. The molecule has 1 aromatic heterocycles. The van der Waals surface area contributed by atoms with Gasteiger partial charge in [0.05, 0.1) is 15.9 Å². The Balaban J connectivity index is 1.94. The molecule has 0 aliphatic carbocycles. The molecule has 3 rings (SSSR count). The second-order valence-electron chi connectivity index (χ2n) is 4.70. The van der Waals surface area contributed by atoms with Gasteiger partial charge in [0.15, 0.2) is 5.43 Å². The molecule has 0 aliphatic rings. The minimum atomic E-state index is -0.453. The Bertz CT molecular complexity index is 923. The normalized spacial score (nSPS) is 11.1. The summed E-state index contributed by atoms with van der Waals surface area (Å²) in [5.74, 6) is 0. The Morgan fingerprint density at radius 1 is 1.00 bits per heavy atom. The summed E-state index contributed by atoms with van der Waals surface area (Å²) in [7, 11) is 0. The van der Waals surface area contributed by atoms with Gasteiger partial charge < -0.3 is 4.42 Å². The van der Waals surface area contributed by atoms with Gasteiger partial charge in [0, 0.05) is 12.1 Å². The van der Waals surface area contributed by atoms with Gasteiger partial charge in [-0.3, -0.25) is 14.9 Å². The summed E-state index contributed by atoms with van der Waals surface area (Å²) in [6.45, 7) is 0. The molecular formula is C17H11NO4. The van der Waals surface area contributed by atoms with Crippen LogP contribution in [0.15, 0.2) is 64.0 Å². The molecule has 0 radical (unpaired) electrons. The Morgan fingerprint density at radius 3 is 2.45 bits per heavy atom. The maximum atomic E-state index is 12.3. The number of nitrogens with zero attached hydrogens (tertiary/aromatic N) is 1. The summed E-state index contributed by atoms with van der Waals surface area (Å²) in [4.78, 5) is 22.4. The first-order valence-corrected chi connectivity index (χ1v) is 6.58. The number of nitro groups is 1. The van der Waals surface area contributed by atoms with Crippen LogP contribution in [0.5, 0.6) is 0 Å². The van der Waals surface area contributed by atoms with Gasteiger partial charge in [-0.25, -0.2) is 0 Å². The lowest BCUT2D eigenvalue weighted by Crippen LogP contribution is -2.04. The standard InChI is InChI=1S/C17H11NO4/c19-17-13(11-22-16-4-2-1-3-15(16)17)8-5-12-6-9-14(10-7-12)18(20)21/h1-11H/b8-5+. The molecule has 0 spiro atoms. The molecule has 0 fully saturated rings. The number of hydrogen-bond acceptors (Lipinski definition) is 4. The highest BCUT2D eigenvalue weighted by Crippen LogP contribution is 2.15. The van der Waals surface area contributed by atoms with E-state index in [2.05, 4.69) is 0 Å². The molecular weight excluding hydrogens is 282 g/mol. The number of para-hydroxylation sites is 1. The summed E-state index contributed by atoms with van der Waals surface area (Å²) in [6, 6.07) is 13.1. The highest BCUT2D eigenvalue weighted by Gasteiger charge is 2.04. The van der Waals surface area contributed by atoms with Crippen LogP contribution in [0.25, 0.3) is 23.1 Å². The lowest BCUT2D eigenvalue weighted by Gasteiger charge is -1.98. The molecule has 3 aromatic rings. The molecule has 0 aliphatic heterocycles. The number of benzene rings is 2. The fourth-order valence-electron chi connectivity index (χ4n) is 2.10.